The average Bonchev–Trinajstić information content (AvgIpc) is 2.80. The number of phenolic OH excluding ortho intramolecular Hbond substituents is 6. The Morgan fingerprint density at radius 2 is 1.15 bits per heavy atom. The molecule has 0 aromatic heterocycles. The Kier molecular flexibility index (Phi) is 8.07. The summed E-state index contributed by atoms with van der Waals surface area (Å²) in [5.74, 6) is -9.25. The number of aliphatic hydroxyl groups is 3. The van der Waals surface area contributed by atoms with Crippen molar-refractivity contribution in [2.45, 2.75) is 18.3 Å². The maximum absolute atomic E-state index is 12.3. The summed E-state index contributed by atoms with van der Waals surface area (Å²) >= 11 is 0. The highest BCUT2D eigenvalue weighted by molar-refractivity contribution is 5.94. The third-order valence-corrected chi connectivity index (χ3v) is 4.41. The van der Waals surface area contributed by atoms with E-state index >= 15 is 0 Å². The summed E-state index contributed by atoms with van der Waals surface area (Å²) in [6.45, 7) is -2.23. The van der Waals surface area contributed by atoms with Crippen LogP contribution in [-0.4, -0.2) is 95.2 Å². The minimum absolute atomic E-state index is 0.448. The molecule has 0 saturated heterocycles. The van der Waals surface area contributed by atoms with Crippen molar-refractivity contribution in [2.75, 3.05) is 13.2 Å². The van der Waals surface area contributed by atoms with Crippen LogP contribution < -0.4 is 0 Å². The number of Topliss-reactive ketones (excluding diaryl/α,β-unsaturated/α-hetero) is 1. The molecule has 14 heteroatoms. The summed E-state index contributed by atoms with van der Waals surface area (Å²) in [5, 5.41) is 85.8. The van der Waals surface area contributed by atoms with Gasteiger partial charge in [-0.15, -0.1) is 0 Å². The molecule has 2 aromatic carbocycles. The summed E-state index contributed by atoms with van der Waals surface area (Å²) in [4.78, 5) is 36.2. The molecule has 2 aromatic rings. The molecule has 14 nitrogen and oxygen atoms in total. The smallest absolute Gasteiger partial charge is 0.339 e. The van der Waals surface area contributed by atoms with Crippen LogP contribution in [-0.2, 0) is 14.3 Å². The van der Waals surface area contributed by atoms with E-state index in [9.17, 15) is 55.2 Å². The van der Waals surface area contributed by atoms with Crippen LogP contribution in [0.5, 0.6) is 34.5 Å². The fourth-order valence-electron chi connectivity index (χ4n) is 2.59. The maximum Gasteiger partial charge on any atom is 0.339 e. The van der Waals surface area contributed by atoms with Crippen LogP contribution in [0.25, 0.3) is 0 Å². The highest BCUT2D eigenvalue weighted by Gasteiger charge is 2.36. The Morgan fingerprint density at radius 3 is 1.56 bits per heavy atom. The molecule has 0 aliphatic carbocycles. The number of carbonyl (C=O) groups excluding carboxylic acids is 3. The van der Waals surface area contributed by atoms with Crippen molar-refractivity contribution in [1.29, 1.82) is 0 Å². The first-order chi connectivity index (χ1) is 15.9. The quantitative estimate of drug-likeness (QED) is 0.146. The largest absolute Gasteiger partial charge is 0.504 e. The van der Waals surface area contributed by atoms with Gasteiger partial charge in [0.1, 0.15) is 25.4 Å². The molecular formula is C20H20O14. The minimum atomic E-state index is -2.24. The van der Waals surface area contributed by atoms with Gasteiger partial charge in [0.05, 0.1) is 11.1 Å². The fraction of sp³-hybridized carbons (Fsp3) is 0.250. The van der Waals surface area contributed by atoms with Gasteiger partial charge in [-0.3, -0.25) is 4.79 Å². The third-order valence-electron chi connectivity index (χ3n) is 4.41. The molecule has 0 saturated carbocycles. The number of ether oxygens (including phenoxy) is 2. The predicted molar refractivity (Wildman–Crippen MR) is 106 cm³/mol. The second-order valence-electron chi connectivity index (χ2n) is 6.83. The van der Waals surface area contributed by atoms with Crippen molar-refractivity contribution in [3.63, 3.8) is 0 Å². The van der Waals surface area contributed by atoms with Gasteiger partial charge in [-0.1, -0.05) is 0 Å². The Balaban J connectivity index is 2.12. The Hall–Kier alpha value is -4.27. The van der Waals surface area contributed by atoms with Gasteiger partial charge in [0, 0.05) is 0 Å². The second kappa shape index (κ2) is 10.6. The molecule has 0 bridgehead atoms. The summed E-state index contributed by atoms with van der Waals surface area (Å²) in [7, 11) is 0. The molecule has 0 spiro atoms. The van der Waals surface area contributed by atoms with E-state index in [0.29, 0.717) is 12.1 Å². The number of carbonyl (C=O) groups is 3. The van der Waals surface area contributed by atoms with Crippen LogP contribution in [0.3, 0.4) is 0 Å². The van der Waals surface area contributed by atoms with E-state index in [4.69, 9.17) is 14.6 Å². The molecule has 0 fully saturated rings. The summed E-state index contributed by atoms with van der Waals surface area (Å²) in [6.07, 6.45) is -6.48. The van der Waals surface area contributed by atoms with Crippen LogP contribution >= 0.6 is 0 Å². The zero-order valence-electron chi connectivity index (χ0n) is 17.0. The van der Waals surface area contributed by atoms with E-state index in [1.54, 1.807) is 0 Å². The molecule has 3 atom stereocenters. The van der Waals surface area contributed by atoms with Crippen LogP contribution in [0.1, 0.15) is 20.7 Å². The number of hydrogen-bond acceptors (Lipinski definition) is 14. The van der Waals surface area contributed by atoms with Crippen molar-refractivity contribution >= 4 is 17.7 Å². The lowest BCUT2D eigenvalue weighted by atomic mass is 10.0. The van der Waals surface area contributed by atoms with Gasteiger partial charge in [0.25, 0.3) is 0 Å². The standard InChI is InChI=1S/C20H20O14/c21-5-13(26)18(34-20(32)8-3-11(24)16(29)12(25)4-8)17(30)14(27)6-33-19(31)7-1-9(22)15(28)10(23)2-7/h1-4,14,17-18,21-25,27-30H,5-6H2/t14-,17-,18-/m1/s1. The van der Waals surface area contributed by atoms with E-state index in [1.807, 2.05) is 0 Å². The average molecular weight is 484 g/mol. The number of benzene rings is 2. The predicted octanol–water partition coefficient (Wildman–Crippen LogP) is -1.41. The summed E-state index contributed by atoms with van der Waals surface area (Å²) in [6, 6.07) is 2.82. The topological polar surface area (TPSA) is 252 Å². The highest BCUT2D eigenvalue weighted by atomic mass is 16.6. The highest BCUT2D eigenvalue weighted by Crippen LogP contribution is 2.36. The molecule has 9 N–H and O–H groups in total. The third kappa shape index (κ3) is 5.74. The number of phenols is 6. The van der Waals surface area contributed by atoms with Crippen LogP contribution in [0.2, 0.25) is 0 Å². The first kappa shape index (κ1) is 26.0. The van der Waals surface area contributed by atoms with E-state index in [0.717, 1.165) is 12.1 Å². The van der Waals surface area contributed by atoms with E-state index < -0.39 is 94.9 Å². The maximum atomic E-state index is 12.3. The van der Waals surface area contributed by atoms with Gasteiger partial charge < -0.3 is 55.4 Å². The number of aromatic hydroxyl groups is 6. The zero-order valence-corrected chi connectivity index (χ0v) is 17.0. The molecule has 184 valence electrons. The van der Waals surface area contributed by atoms with Crippen LogP contribution in [0, 0.1) is 0 Å². The molecule has 34 heavy (non-hydrogen) atoms. The van der Waals surface area contributed by atoms with Gasteiger partial charge in [-0.25, -0.2) is 9.59 Å². The Labute approximate surface area is 189 Å². The van der Waals surface area contributed by atoms with Crippen molar-refractivity contribution in [3.8, 4) is 34.5 Å². The van der Waals surface area contributed by atoms with E-state index in [2.05, 4.69) is 0 Å². The number of aliphatic hydroxyl groups excluding tert-OH is 3. The summed E-state index contributed by atoms with van der Waals surface area (Å²) < 4.78 is 9.46. The number of rotatable bonds is 9. The number of hydrogen-bond donors (Lipinski definition) is 9. The minimum Gasteiger partial charge on any atom is -0.504 e. The van der Waals surface area contributed by atoms with Crippen molar-refractivity contribution in [3.05, 3.63) is 35.4 Å². The van der Waals surface area contributed by atoms with Crippen LogP contribution in [0.15, 0.2) is 24.3 Å². The van der Waals surface area contributed by atoms with E-state index in [1.165, 1.54) is 0 Å². The summed E-state index contributed by atoms with van der Waals surface area (Å²) in [5.41, 5.74) is -1.01. The van der Waals surface area contributed by atoms with Gasteiger partial charge in [0.15, 0.2) is 40.6 Å². The number of ketones is 1. The molecule has 0 radical (unpaired) electrons. The lowest BCUT2D eigenvalue weighted by Crippen LogP contribution is -2.48. The SMILES string of the molecule is O=C(OC[C@@H](O)[C@@H](O)[C@H](OC(=O)c1cc(O)c(O)c(O)c1)C(=O)CO)c1cc(O)c(O)c(O)c1. The normalized spacial score (nSPS) is 13.5. The lowest BCUT2D eigenvalue weighted by Gasteiger charge is -2.25. The monoisotopic (exact) mass is 484 g/mol. The lowest BCUT2D eigenvalue weighted by molar-refractivity contribution is -0.144. The molecule has 0 unspecified atom stereocenters. The zero-order chi connectivity index (χ0) is 25.7. The molecule has 0 heterocycles. The van der Waals surface area contributed by atoms with Gasteiger partial charge in [-0.2, -0.15) is 0 Å². The first-order valence-electron chi connectivity index (χ1n) is 9.25. The first-order valence-corrected chi connectivity index (χ1v) is 9.25. The van der Waals surface area contributed by atoms with Gasteiger partial charge >= 0.3 is 11.9 Å². The van der Waals surface area contributed by atoms with E-state index in [-0.39, 0.29) is 0 Å². The second-order valence-corrected chi connectivity index (χ2v) is 6.83. The molecule has 0 aliphatic heterocycles. The van der Waals surface area contributed by atoms with Crippen molar-refractivity contribution in [2.24, 2.45) is 0 Å². The van der Waals surface area contributed by atoms with Crippen molar-refractivity contribution in [1.82, 2.24) is 0 Å². The number of esters is 2. The van der Waals surface area contributed by atoms with Crippen LogP contribution in [0.4, 0.5) is 0 Å². The molecule has 2 rings (SSSR count). The molecule has 0 aliphatic rings. The van der Waals surface area contributed by atoms with Crippen molar-refractivity contribution < 1.29 is 69.8 Å². The van der Waals surface area contributed by atoms with Gasteiger partial charge in [0.2, 0.25) is 5.78 Å². The molecule has 0 amide bonds. The Morgan fingerprint density at radius 1 is 0.735 bits per heavy atom. The Bertz CT molecular complexity index is 1050. The fourth-order valence-corrected chi connectivity index (χ4v) is 2.59. The van der Waals surface area contributed by atoms with Gasteiger partial charge in [-0.05, 0) is 24.3 Å². The molecular weight excluding hydrogens is 464 g/mol.